The number of nitrogens with zero attached hydrogens (tertiary/aromatic N) is 1. The lowest BCUT2D eigenvalue weighted by Crippen LogP contribution is -2.09. The van der Waals surface area contributed by atoms with Crippen LogP contribution in [-0.2, 0) is 0 Å². The van der Waals surface area contributed by atoms with Crippen LogP contribution in [0.1, 0.15) is 0 Å². The molecule has 10 aromatic rings. The van der Waals surface area contributed by atoms with Crippen LogP contribution in [0.5, 0.6) is 0 Å². The summed E-state index contributed by atoms with van der Waals surface area (Å²) in [4.78, 5) is 2.35. The minimum Gasteiger partial charge on any atom is -0.456 e. The van der Waals surface area contributed by atoms with Gasteiger partial charge in [0.1, 0.15) is 11.2 Å². The summed E-state index contributed by atoms with van der Waals surface area (Å²) in [5, 5.41) is 7.15. The molecular weight excluding hydrogens is 631 g/mol. The van der Waals surface area contributed by atoms with Crippen LogP contribution in [0, 0.1) is 0 Å². The Kier molecular flexibility index (Phi) is 7.18. The summed E-state index contributed by atoms with van der Waals surface area (Å²) >= 11 is 0. The molecule has 2 heteroatoms. The normalized spacial score (nSPS) is 11.5. The summed E-state index contributed by atoms with van der Waals surface area (Å²) in [6.07, 6.45) is 0. The third-order valence-corrected chi connectivity index (χ3v) is 10.2. The summed E-state index contributed by atoms with van der Waals surface area (Å²) in [6, 6.07) is 71.7. The van der Waals surface area contributed by atoms with Gasteiger partial charge in [-0.3, -0.25) is 0 Å². The Bertz CT molecular complexity index is 2870. The zero-order valence-corrected chi connectivity index (χ0v) is 28.4. The Morgan fingerprint density at radius 3 is 1.60 bits per heavy atom. The Morgan fingerprint density at radius 2 is 0.865 bits per heavy atom. The van der Waals surface area contributed by atoms with Gasteiger partial charge in [-0.1, -0.05) is 146 Å². The molecule has 0 fully saturated rings. The maximum absolute atomic E-state index is 6.45. The van der Waals surface area contributed by atoms with E-state index in [9.17, 15) is 0 Å². The Labute approximate surface area is 302 Å². The predicted octanol–water partition coefficient (Wildman–Crippen LogP) is 14.4. The molecule has 0 saturated carbocycles. The molecule has 0 aliphatic heterocycles. The van der Waals surface area contributed by atoms with E-state index in [2.05, 4.69) is 199 Å². The molecule has 244 valence electrons. The van der Waals surface area contributed by atoms with E-state index in [1.807, 2.05) is 6.07 Å². The topological polar surface area (TPSA) is 16.4 Å². The molecule has 0 atom stereocenters. The minimum absolute atomic E-state index is 0.907. The molecule has 0 N–H and O–H groups in total. The summed E-state index contributed by atoms with van der Waals surface area (Å²) in [5.74, 6) is 0. The monoisotopic (exact) mass is 663 g/mol. The van der Waals surface area contributed by atoms with Crippen LogP contribution in [0.2, 0.25) is 0 Å². The van der Waals surface area contributed by atoms with Gasteiger partial charge in [0.2, 0.25) is 0 Å². The van der Waals surface area contributed by atoms with Gasteiger partial charge in [0, 0.05) is 27.8 Å². The molecule has 0 radical (unpaired) electrons. The maximum Gasteiger partial charge on any atom is 0.136 e. The molecule has 10 rings (SSSR count). The van der Waals surface area contributed by atoms with Crippen molar-refractivity contribution in [1.29, 1.82) is 0 Å². The second kappa shape index (κ2) is 12.5. The minimum atomic E-state index is 0.907. The fourth-order valence-corrected chi connectivity index (χ4v) is 7.67. The SMILES string of the molecule is c1ccc(-c2ccc(N(c3ccc(-c4ccc5c(-c6ccccc6)cc6oc7ccccc7c6c5c4)cc3)c3ccc4ccccc4c3)cc2)cc1. The number of anilines is 3. The van der Waals surface area contributed by atoms with E-state index in [1.54, 1.807) is 0 Å². The quantitative estimate of drug-likeness (QED) is 0.176. The Hall–Kier alpha value is -6.90. The third-order valence-electron chi connectivity index (χ3n) is 10.2. The van der Waals surface area contributed by atoms with Crippen molar-refractivity contribution in [1.82, 2.24) is 0 Å². The van der Waals surface area contributed by atoms with Gasteiger partial charge in [0.25, 0.3) is 0 Å². The van der Waals surface area contributed by atoms with E-state index in [1.165, 1.54) is 49.4 Å². The van der Waals surface area contributed by atoms with E-state index in [0.29, 0.717) is 0 Å². The molecular formula is C50H33NO. The molecule has 0 bridgehead atoms. The van der Waals surface area contributed by atoms with E-state index in [4.69, 9.17) is 4.42 Å². The molecule has 52 heavy (non-hydrogen) atoms. The van der Waals surface area contributed by atoms with E-state index < -0.39 is 0 Å². The van der Waals surface area contributed by atoms with Gasteiger partial charge in [0.15, 0.2) is 0 Å². The second-order valence-corrected chi connectivity index (χ2v) is 13.3. The second-order valence-electron chi connectivity index (χ2n) is 13.3. The molecule has 0 unspecified atom stereocenters. The van der Waals surface area contributed by atoms with Crippen molar-refractivity contribution in [2.75, 3.05) is 4.90 Å². The maximum atomic E-state index is 6.45. The van der Waals surface area contributed by atoms with Crippen molar-refractivity contribution < 1.29 is 4.42 Å². The smallest absolute Gasteiger partial charge is 0.136 e. The highest BCUT2D eigenvalue weighted by Gasteiger charge is 2.17. The standard InChI is InChI=1S/C50H33NO/c1-3-11-34(12-4-1)36-19-25-41(26-20-36)51(43-29-23-35-13-7-8-16-39(35)31-43)42-27-21-37(22-28-42)40-24-30-44-46(38-14-5-2-6-15-38)33-49-50(47(44)32-40)45-17-9-10-18-48(45)52-49/h1-33H. The molecule has 1 heterocycles. The van der Waals surface area contributed by atoms with Gasteiger partial charge in [0.05, 0.1) is 0 Å². The average Bonchev–Trinajstić information content (AvgIpc) is 3.60. The number of benzene rings is 9. The van der Waals surface area contributed by atoms with Crippen molar-refractivity contribution in [2.24, 2.45) is 0 Å². The summed E-state index contributed by atoms with van der Waals surface area (Å²) in [5.41, 5.74) is 12.2. The van der Waals surface area contributed by atoms with Gasteiger partial charge in [-0.15, -0.1) is 0 Å². The van der Waals surface area contributed by atoms with Crippen molar-refractivity contribution in [3.05, 3.63) is 200 Å². The van der Waals surface area contributed by atoms with Crippen LogP contribution in [0.15, 0.2) is 205 Å². The lowest BCUT2D eigenvalue weighted by atomic mass is 9.92. The molecule has 9 aromatic carbocycles. The van der Waals surface area contributed by atoms with Crippen molar-refractivity contribution in [2.45, 2.75) is 0 Å². The summed E-state index contributed by atoms with van der Waals surface area (Å²) in [7, 11) is 0. The van der Waals surface area contributed by atoms with Crippen LogP contribution >= 0.6 is 0 Å². The molecule has 0 aliphatic rings. The van der Waals surface area contributed by atoms with E-state index in [-0.39, 0.29) is 0 Å². The number of hydrogen-bond acceptors (Lipinski definition) is 2. The molecule has 0 saturated heterocycles. The largest absolute Gasteiger partial charge is 0.456 e. The van der Waals surface area contributed by atoms with Gasteiger partial charge < -0.3 is 9.32 Å². The number of fused-ring (bicyclic) bond motifs is 6. The number of para-hydroxylation sites is 1. The van der Waals surface area contributed by atoms with Crippen LogP contribution in [-0.4, -0.2) is 0 Å². The molecule has 0 amide bonds. The van der Waals surface area contributed by atoms with Crippen LogP contribution in [0.3, 0.4) is 0 Å². The highest BCUT2D eigenvalue weighted by molar-refractivity contribution is 6.22. The molecule has 0 aliphatic carbocycles. The predicted molar refractivity (Wildman–Crippen MR) is 220 cm³/mol. The fraction of sp³-hybridized carbons (Fsp3) is 0. The lowest BCUT2D eigenvalue weighted by molar-refractivity contribution is 0.669. The fourth-order valence-electron chi connectivity index (χ4n) is 7.67. The van der Waals surface area contributed by atoms with Crippen molar-refractivity contribution in [3.63, 3.8) is 0 Å². The summed E-state index contributed by atoms with van der Waals surface area (Å²) < 4.78 is 6.45. The number of furan rings is 1. The van der Waals surface area contributed by atoms with Crippen LogP contribution in [0.25, 0.3) is 76.9 Å². The first kappa shape index (κ1) is 30.0. The molecule has 1 aromatic heterocycles. The van der Waals surface area contributed by atoms with E-state index in [0.717, 1.165) is 44.6 Å². The van der Waals surface area contributed by atoms with Crippen LogP contribution < -0.4 is 4.90 Å². The number of hydrogen-bond donors (Lipinski definition) is 0. The zero-order valence-electron chi connectivity index (χ0n) is 28.4. The first-order chi connectivity index (χ1) is 25.8. The van der Waals surface area contributed by atoms with Crippen LogP contribution in [0.4, 0.5) is 17.1 Å². The highest BCUT2D eigenvalue weighted by Crippen LogP contribution is 2.42. The Morgan fingerprint density at radius 1 is 0.308 bits per heavy atom. The highest BCUT2D eigenvalue weighted by atomic mass is 16.3. The van der Waals surface area contributed by atoms with Crippen molar-refractivity contribution >= 4 is 60.5 Å². The average molecular weight is 664 g/mol. The molecule has 2 nitrogen and oxygen atoms in total. The lowest BCUT2D eigenvalue weighted by Gasteiger charge is -2.26. The molecule has 0 spiro atoms. The third kappa shape index (κ3) is 5.21. The van der Waals surface area contributed by atoms with E-state index >= 15 is 0 Å². The summed E-state index contributed by atoms with van der Waals surface area (Å²) in [6.45, 7) is 0. The van der Waals surface area contributed by atoms with Gasteiger partial charge in [-0.05, 0) is 110 Å². The first-order valence-electron chi connectivity index (χ1n) is 17.8. The number of rotatable bonds is 6. The zero-order chi connectivity index (χ0) is 34.4. The first-order valence-corrected chi connectivity index (χ1v) is 17.8. The van der Waals surface area contributed by atoms with Crippen molar-refractivity contribution in [3.8, 4) is 33.4 Å². The van der Waals surface area contributed by atoms with Gasteiger partial charge in [-0.25, -0.2) is 0 Å². The Balaban J connectivity index is 1.09. The van der Waals surface area contributed by atoms with Gasteiger partial charge >= 0.3 is 0 Å². The van der Waals surface area contributed by atoms with Gasteiger partial charge in [-0.2, -0.15) is 0 Å².